The molecule has 6 nitrogen and oxygen atoms in total. The lowest BCUT2D eigenvalue weighted by atomic mass is 9.94. The van der Waals surface area contributed by atoms with E-state index in [0.717, 1.165) is 34.0 Å². The number of nitrogens with zero attached hydrogens (tertiary/aromatic N) is 3. The first-order valence-electron chi connectivity index (χ1n) is 15.8. The van der Waals surface area contributed by atoms with Crippen molar-refractivity contribution in [1.82, 2.24) is 0 Å². The zero-order valence-corrected chi connectivity index (χ0v) is 27.0. The molecule has 0 bridgehead atoms. The lowest BCUT2D eigenvalue weighted by Crippen LogP contribution is -2.47. The molecule has 0 aliphatic carbocycles. The molecule has 6 rings (SSSR count). The minimum Gasteiger partial charge on any atom is -0.370 e. The first-order chi connectivity index (χ1) is 24.3. The number of anilines is 1. The summed E-state index contributed by atoms with van der Waals surface area (Å²) >= 11 is 0. The average Bonchev–Trinajstić information content (AvgIpc) is 3.09. The van der Waals surface area contributed by atoms with E-state index >= 15 is 0 Å². The van der Waals surface area contributed by atoms with E-state index in [1.54, 1.807) is 48.5 Å². The Balaban J connectivity index is 1.27. The molecule has 260 valence electrons. The number of benzene rings is 6. The van der Waals surface area contributed by atoms with Gasteiger partial charge in [0.1, 0.15) is 0 Å². The van der Waals surface area contributed by atoms with E-state index in [9.17, 15) is 26.3 Å². The average molecular weight is 699 g/mol. The third-order valence-corrected chi connectivity index (χ3v) is 8.55. The van der Waals surface area contributed by atoms with Gasteiger partial charge in [0.2, 0.25) is 5.96 Å². The summed E-state index contributed by atoms with van der Waals surface area (Å²) in [6, 6.07) is 32.9. The van der Waals surface area contributed by atoms with Crippen molar-refractivity contribution < 1.29 is 26.3 Å². The molecule has 6 aromatic carbocycles. The minimum atomic E-state index is -4.88. The van der Waals surface area contributed by atoms with Gasteiger partial charge in [0.15, 0.2) is 5.96 Å². The van der Waals surface area contributed by atoms with Gasteiger partial charge in [0, 0.05) is 6.54 Å². The maximum absolute atomic E-state index is 14.5. The van der Waals surface area contributed by atoms with E-state index in [-0.39, 0.29) is 23.1 Å². The van der Waals surface area contributed by atoms with Crippen molar-refractivity contribution in [2.24, 2.45) is 27.2 Å². The van der Waals surface area contributed by atoms with E-state index in [4.69, 9.17) is 17.2 Å². The van der Waals surface area contributed by atoms with Gasteiger partial charge in [-0.25, -0.2) is 9.89 Å². The molecule has 0 spiro atoms. The van der Waals surface area contributed by atoms with Gasteiger partial charge in [0.25, 0.3) is 0 Å². The van der Waals surface area contributed by atoms with Gasteiger partial charge < -0.3 is 17.2 Å². The number of alkyl halides is 6. The molecule has 0 aliphatic heterocycles. The first-order valence-corrected chi connectivity index (χ1v) is 15.8. The van der Waals surface area contributed by atoms with Crippen LogP contribution >= 0.6 is 0 Å². The van der Waals surface area contributed by atoms with Crippen LogP contribution in [0.15, 0.2) is 131 Å². The van der Waals surface area contributed by atoms with Crippen LogP contribution < -0.4 is 22.1 Å². The second-order valence-corrected chi connectivity index (χ2v) is 11.8. The quantitative estimate of drug-likeness (QED) is 0.0639. The zero-order chi connectivity index (χ0) is 36.3. The summed E-state index contributed by atoms with van der Waals surface area (Å²) in [7, 11) is 0. The fourth-order valence-electron chi connectivity index (χ4n) is 6.19. The predicted molar refractivity (Wildman–Crippen MR) is 192 cm³/mol. The third-order valence-electron chi connectivity index (χ3n) is 8.55. The zero-order valence-electron chi connectivity index (χ0n) is 27.0. The summed E-state index contributed by atoms with van der Waals surface area (Å²) in [6.07, 6.45) is -8.74. The molecule has 6 aromatic rings. The van der Waals surface area contributed by atoms with E-state index in [2.05, 4.69) is 9.98 Å². The molecule has 12 heteroatoms. The Bertz CT molecular complexity index is 2240. The number of hydrogen-bond acceptors (Lipinski definition) is 2. The topological polar surface area (TPSA) is 106 Å². The van der Waals surface area contributed by atoms with Gasteiger partial charge in [-0.1, -0.05) is 97.1 Å². The van der Waals surface area contributed by atoms with Gasteiger partial charge >= 0.3 is 12.5 Å². The molecule has 0 atom stereocenters. The highest BCUT2D eigenvalue weighted by Crippen LogP contribution is 2.36. The van der Waals surface area contributed by atoms with Crippen LogP contribution in [0, 0.1) is 0 Å². The SMILES string of the molecule is NC(N)=NCCc1cccc2c(-c3ccc(N(C(N)=NCc4cccc5c(-c6ccc(C(F)(F)F)cc6)cccc45)C(F)(F)F)cc3)cccc12. The minimum absolute atomic E-state index is 0.0107. The highest BCUT2D eigenvalue weighted by Gasteiger charge is 2.40. The fourth-order valence-corrected chi connectivity index (χ4v) is 6.19. The first kappa shape index (κ1) is 34.8. The monoisotopic (exact) mass is 698 g/mol. The number of fused-ring (bicyclic) bond motifs is 2. The maximum atomic E-state index is 14.5. The lowest BCUT2D eigenvalue weighted by Gasteiger charge is -2.26. The highest BCUT2D eigenvalue weighted by molar-refractivity contribution is 6.01. The normalized spacial score (nSPS) is 12.3. The van der Waals surface area contributed by atoms with Crippen molar-refractivity contribution in [3.05, 3.63) is 138 Å². The number of guanidine groups is 2. The highest BCUT2D eigenvalue weighted by atomic mass is 19.4. The lowest BCUT2D eigenvalue weighted by molar-refractivity contribution is -0.137. The molecule has 0 unspecified atom stereocenters. The molecule has 6 N–H and O–H groups in total. The maximum Gasteiger partial charge on any atom is 0.491 e. The van der Waals surface area contributed by atoms with Crippen LogP contribution in [-0.4, -0.2) is 24.8 Å². The predicted octanol–water partition coefficient (Wildman–Crippen LogP) is 9.00. The molecular formula is C39H32F6N6. The molecule has 0 radical (unpaired) electrons. The molecule has 51 heavy (non-hydrogen) atoms. The van der Waals surface area contributed by atoms with Crippen molar-refractivity contribution >= 4 is 39.2 Å². The number of rotatable bonds is 8. The summed E-state index contributed by atoms with van der Waals surface area (Å²) in [6.45, 7) is 0.243. The number of hydrogen-bond donors (Lipinski definition) is 3. The Morgan fingerprint density at radius 3 is 1.57 bits per heavy atom. The van der Waals surface area contributed by atoms with E-state index in [1.807, 2.05) is 36.4 Å². The van der Waals surface area contributed by atoms with Gasteiger partial charge in [-0.3, -0.25) is 4.99 Å². The van der Waals surface area contributed by atoms with Crippen molar-refractivity contribution in [2.45, 2.75) is 25.4 Å². The number of halogens is 6. The van der Waals surface area contributed by atoms with Crippen LogP contribution in [0.1, 0.15) is 16.7 Å². The molecule has 0 saturated carbocycles. The second kappa shape index (κ2) is 14.1. The molecule has 0 fully saturated rings. The standard InChI is InChI=1S/C39H32F6N6/c40-38(41,42)28-17-13-25(14-18-28)31-9-4-10-33-27(6-2-12-35(31)33)23-50-37(48)51(39(43,44)45)29-19-15-26(16-20-29)32-8-3-7-30-24(5-1-11-34(30)32)21-22-49-36(46)47/h1-20H,21-23H2,(H2,48,50)(H4,46,47,49). The Kier molecular flexibility index (Phi) is 9.60. The van der Waals surface area contributed by atoms with Crippen molar-refractivity contribution in [3.63, 3.8) is 0 Å². The smallest absolute Gasteiger partial charge is 0.370 e. The molecule has 0 amide bonds. The van der Waals surface area contributed by atoms with Crippen LogP contribution in [0.3, 0.4) is 0 Å². The Morgan fingerprint density at radius 1 is 0.549 bits per heavy atom. The van der Waals surface area contributed by atoms with Crippen LogP contribution in [0.4, 0.5) is 32.0 Å². The largest absolute Gasteiger partial charge is 0.491 e. The molecule has 0 aromatic heterocycles. The van der Waals surface area contributed by atoms with Gasteiger partial charge in [-0.05, 0) is 85.6 Å². The van der Waals surface area contributed by atoms with E-state index in [1.165, 1.54) is 24.3 Å². The van der Waals surface area contributed by atoms with E-state index in [0.29, 0.717) is 46.0 Å². The Hall–Kier alpha value is -6.04. The molecule has 0 aliphatic rings. The van der Waals surface area contributed by atoms with E-state index < -0.39 is 24.0 Å². The number of aliphatic imine (C=N–C) groups is 2. The number of nitrogens with two attached hydrogens (primary N) is 3. The van der Waals surface area contributed by atoms with Crippen LogP contribution in [-0.2, 0) is 19.1 Å². The molecule has 0 saturated heterocycles. The fraction of sp³-hybridized carbons (Fsp3) is 0.128. The van der Waals surface area contributed by atoms with Gasteiger partial charge in [0.05, 0.1) is 17.8 Å². The summed E-state index contributed by atoms with van der Waals surface area (Å²) in [4.78, 5) is 8.24. The second-order valence-electron chi connectivity index (χ2n) is 11.8. The summed E-state index contributed by atoms with van der Waals surface area (Å²) < 4.78 is 82.8. The van der Waals surface area contributed by atoms with Gasteiger partial charge in [-0.15, -0.1) is 13.2 Å². The summed E-state index contributed by atoms with van der Waals surface area (Å²) in [5, 5.41) is 3.31. The molecule has 0 heterocycles. The van der Waals surface area contributed by atoms with Crippen LogP contribution in [0.5, 0.6) is 0 Å². The summed E-state index contributed by atoms with van der Waals surface area (Å²) in [5.41, 5.74) is 20.4. The third kappa shape index (κ3) is 7.59. The van der Waals surface area contributed by atoms with Crippen molar-refractivity contribution in [2.75, 3.05) is 11.4 Å². The summed E-state index contributed by atoms with van der Waals surface area (Å²) in [5.74, 6) is -0.738. The Morgan fingerprint density at radius 2 is 1.04 bits per heavy atom. The Labute approximate surface area is 289 Å². The van der Waals surface area contributed by atoms with Crippen molar-refractivity contribution in [3.8, 4) is 22.3 Å². The van der Waals surface area contributed by atoms with Gasteiger partial charge in [-0.2, -0.15) is 13.2 Å². The molecular weight excluding hydrogens is 666 g/mol. The van der Waals surface area contributed by atoms with Crippen molar-refractivity contribution in [1.29, 1.82) is 0 Å². The van der Waals surface area contributed by atoms with Crippen LogP contribution in [0.2, 0.25) is 0 Å². The van der Waals surface area contributed by atoms with Crippen LogP contribution in [0.25, 0.3) is 43.8 Å².